The molecule has 4 nitrogen and oxygen atoms in total. The van der Waals surface area contributed by atoms with Crippen molar-refractivity contribution < 1.29 is 19.7 Å². The molecule has 1 aliphatic rings. The number of carboxylic acids is 1. The van der Waals surface area contributed by atoms with Gasteiger partial charge in [-0.15, -0.1) is 0 Å². The van der Waals surface area contributed by atoms with Gasteiger partial charge in [-0.05, 0) is 6.08 Å². The second-order valence-corrected chi connectivity index (χ2v) is 1.67. The Hall–Kier alpha value is -1.03. The van der Waals surface area contributed by atoms with Gasteiger partial charge in [-0.3, -0.25) is 0 Å². The summed E-state index contributed by atoms with van der Waals surface area (Å²) >= 11 is 0. The molecule has 0 saturated heterocycles. The van der Waals surface area contributed by atoms with Crippen molar-refractivity contribution in [2.75, 3.05) is 0 Å². The normalized spacial score (nSPS) is 33.6. The molecule has 0 aromatic heterocycles. The number of aliphatic carboxylic acids is 1. The van der Waals surface area contributed by atoms with Crippen LogP contribution in [0.5, 0.6) is 0 Å². The Morgan fingerprint density at radius 2 is 2.78 bits per heavy atom. The summed E-state index contributed by atoms with van der Waals surface area (Å²) < 4.78 is 10.9. The molecule has 1 heterocycles. The maximum atomic E-state index is 10.1. The predicted molar refractivity (Wildman–Crippen MR) is 25.0 cm³/mol. The maximum Gasteiger partial charge on any atom is 0.211 e. The third kappa shape index (κ3) is 1.02. The van der Waals surface area contributed by atoms with Crippen molar-refractivity contribution in [1.29, 1.82) is 1.43 Å². The van der Waals surface area contributed by atoms with Crippen LogP contribution in [-0.2, 0) is 9.53 Å². The van der Waals surface area contributed by atoms with E-state index in [2.05, 4.69) is 9.85 Å². The number of rotatable bonds is 2. The lowest BCUT2D eigenvalue weighted by Crippen LogP contribution is -2.41. The number of aliphatic hydroxyl groups is 1. The SMILES string of the molecule is [2H]OC1C=COC1C(=O)[O-]. The Bertz CT molecular complexity index is 167. The summed E-state index contributed by atoms with van der Waals surface area (Å²) in [5, 5.41) is 14.1. The number of carbonyl (C=O) groups is 1. The zero-order chi connectivity index (χ0) is 7.56. The van der Waals surface area contributed by atoms with Crippen molar-refractivity contribution in [2.24, 2.45) is 0 Å². The molecular weight excluding hydrogens is 124 g/mol. The Morgan fingerprint density at radius 1 is 2.00 bits per heavy atom. The van der Waals surface area contributed by atoms with E-state index >= 15 is 0 Å². The van der Waals surface area contributed by atoms with Gasteiger partial charge in [-0.1, -0.05) is 0 Å². The van der Waals surface area contributed by atoms with Crippen LogP contribution < -0.4 is 5.11 Å². The van der Waals surface area contributed by atoms with Crippen LogP contribution in [0.3, 0.4) is 0 Å². The topological polar surface area (TPSA) is 69.6 Å². The third-order valence-electron chi connectivity index (χ3n) is 1.02. The van der Waals surface area contributed by atoms with Crippen LogP contribution in [0.15, 0.2) is 12.3 Å². The fourth-order valence-corrected chi connectivity index (χ4v) is 0.575. The van der Waals surface area contributed by atoms with Crippen LogP contribution in [0.4, 0.5) is 0 Å². The average Bonchev–Trinajstić information content (AvgIpc) is 2.33. The van der Waals surface area contributed by atoms with Gasteiger partial charge in [0.15, 0.2) is 6.10 Å². The fraction of sp³-hybridized carbons (Fsp3) is 0.400. The summed E-state index contributed by atoms with van der Waals surface area (Å²) in [6.45, 7) is 0. The van der Waals surface area contributed by atoms with Crippen LogP contribution in [-0.4, -0.2) is 24.7 Å². The van der Waals surface area contributed by atoms with Crippen molar-refractivity contribution in [1.82, 2.24) is 0 Å². The number of carboxylic acid groups (broad SMARTS) is 1. The van der Waals surface area contributed by atoms with Gasteiger partial charge in [0, 0.05) is 0 Å². The minimum atomic E-state index is -1.37. The molecule has 0 aromatic rings. The van der Waals surface area contributed by atoms with E-state index in [-0.39, 0.29) is 0 Å². The van der Waals surface area contributed by atoms with Crippen molar-refractivity contribution in [2.45, 2.75) is 12.2 Å². The van der Waals surface area contributed by atoms with Gasteiger partial charge in [0.05, 0.1) is 12.2 Å². The summed E-state index contributed by atoms with van der Waals surface area (Å²) in [6.07, 6.45) is 0.509. The van der Waals surface area contributed by atoms with E-state index in [0.29, 0.717) is 0 Å². The zero-order valence-corrected chi connectivity index (χ0v) is 4.44. The molecule has 2 unspecified atom stereocenters. The van der Waals surface area contributed by atoms with Crippen molar-refractivity contribution in [3.05, 3.63) is 12.3 Å². The Labute approximate surface area is 52.9 Å². The smallest absolute Gasteiger partial charge is 0.211 e. The molecule has 0 fully saturated rings. The van der Waals surface area contributed by atoms with E-state index in [4.69, 9.17) is 1.43 Å². The monoisotopic (exact) mass is 130 g/mol. The molecule has 1 rings (SSSR count). The van der Waals surface area contributed by atoms with E-state index < -0.39 is 18.2 Å². The average molecular weight is 130 g/mol. The lowest BCUT2D eigenvalue weighted by molar-refractivity contribution is -0.316. The number of aliphatic hydroxyl groups excluding tert-OH is 1. The van der Waals surface area contributed by atoms with Crippen LogP contribution in [0.25, 0.3) is 0 Å². The molecule has 0 saturated carbocycles. The Kier molecular flexibility index (Phi) is 1.10. The highest BCUT2D eigenvalue weighted by atomic mass is 16.5. The first-order valence-electron chi connectivity index (χ1n) is 2.81. The Balaban J connectivity index is 2.56. The second kappa shape index (κ2) is 2.06. The van der Waals surface area contributed by atoms with E-state index in [0.717, 1.165) is 0 Å². The fourth-order valence-electron chi connectivity index (χ4n) is 0.575. The molecule has 0 amide bonds. The van der Waals surface area contributed by atoms with Gasteiger partial charge in [-0.25, -0.2) is 0 Å². The first kappa shape index (κ1) is 4.81. The maximum absolute atomic E-state index is 10.1. The minimum absolute atomic E-state index is 0.843. The highest BCUT2D eigenvalue weighted by molar-refractivity contribution is 5.71. The number of hydrogen-bond acceptors (Lipinski definition) is 4. The first-order valence-corrected chi connectivity index (χ1v) is 2.40. The van der Waals surface area contributed by atoms with Crippen molar-refractivity contribution >= 4 is 5.97 Å². The molecule has 0 bridgehead atoms. The molecule has 0 aliphatic carbocycles. The number of hydrogen-bond donors (Lipinski definition) is 1. The second-order valence-electron chi connectivity index (χ2n) is 1.67. The summed E-state index contributed by atoms with van der Waals surface area (Å²) in [4.78, 5) is 10.1. The van der Waals surface area contributed by atoms with Gasteiger partial charge in [0.1, 0.15) is 6.10 Å². The molecule has 9 heavy (non-hydrogen) atoms. The van der Waals surface area contributed by atoms with Crippen molar-refractivity contribution in [3.8, 4) is 0 Å². The van der Waals surface area contributed by atoms with Gasteiger partial charge >= 0.3 is 0 Å². The molecule has 0 spiro atoms. The number of ether oxygens (including phenoxy) is 1. The van der Waals surface area contributed by atoms with Gasteiger partial charge in [0.2, 0.25) is 1.43 Å². The summed E-state index contributed by atoms with van der Waals surface area (Å²) in [7, 11) is 0. The van der Waals surface area contributed by atoms with Crippen LogP contribution in [0.2, 0.25) is 0 Å². The van der Waals surface area contributed by atoms with Gasteiger partial charge < -0.3 is 19.7 Å². The van der Waals surface area contributed by atoms with E-state index in [1.807, 2.05) is 0 Å². The molecule has 50 valence electrons. The molecule has 4 heteroatoms. The molecule has 2 atom stereocenters. The highest BCUT2D eigenvalue weighted by Crippen LogP contribution is 2.08. The van der Waals surface area contributed by atoms with E-state index in [1.54, 1.807) is 0 Å². The molecule has 0 aromatic carbocycles. The van der Waals surface area contributed by atoms with Crippen LogP contribution in [0, 0.1) is 0 Å². The zero-order valence-electron chi connectivity index (χ0n) is 5.44. The van der Waals surface area contributed by atoms with Crippen molar-refractivity contribution in [3.63, 3.8) is 0 Å². The lowest BCUT2D eigenvalue weighted by atomic mass is 10.2. The first-order chi connectivity index (χ1) is 4.75. The summed E-state index contributed by atoms with van der Waals surface area (Å²) in [6, 6.07) is 0. The highest BCUT2D eigenvalue weighted by Gasteiger charge is 2.22. The number of carbonyl (C=O) groups excluding carboxylic acids is 1. The van der Waals surface area contributed by atoms with E-state index in [1.165, 1.54) is 12.3 Å². The Morgan fingerprint density at radius 3 is 3.22 bits per heavy atom. The molecule has 0 radical (unpaired) electrons. The third-order valence-corrected chi connectivity index (χ3v) is 1.02. The van der Waals surface area contributed by atoms with Crippen LogP contribution >= 0.6 is 0 Å². The molecular formula is C5H5O4-. The predicted octanol–water partition coefficient (Wildman–Crippen LogP) is -1.99. The quantitative estimate of drug-likeness (QED) is 0.469. The standard InChI is InChI=1S/C5H6O4/c6-3-1-2-9-4(3)5(7)8/h1-4,6H,(H,7,8)/p-1/i6D. The van der Waals surface area contributed by atoms with Gasteiger partial charge in [0.25, 0.3) is 0 Å². The summed E-state index contributed by atoms with van der Waals surface area (Å²) in [5.41, 5.74) is 0. The summed E-state index contributed by atoms with van der Waals surface area (Å²) in [5.74, 6) is -1.37. The van der Waals surface area contributed by atoms with E-state index in [9.17, 15) is 9.90 Å². The van der Waals surface area contributed by atoms with Gasteiger partial charge in [-0.2, -0.15) is 0 Å². The molecule has 1 aliphatic heterocycles. The minimum Gasteiger partial charge on any atom is -0.546 e. The molecule has 1 N–H and O–H groups in total. The largest absolute Gasteiger partial charge is 0.546 e. The lowest BCUT2D eigenvalue weighted by Gasteiger charge is -2.13. The van der Waals surface area contributed by atoms with Crippen LogP contribution in [0.1, 0.15) is 0 Å².